The summed E-state index contributed by atoms with van der Waals surface area (Å²) in [6, 6.07) is 5.43. The van der Waals surface area contributed by atoms with Crippen LogP contribution in [-0.2, 0) is 10.2 Å². The Labute approximate surface area is 183 Å². The monoisotopic (exact) mass is 427 g/mol. The third-order valence-corrected chi connectivity index (χ3v) is 9.01. The molecular formula is C24H33N3O4. The highest BCUT2D eigenvalue weighted by atomic mass is 16.6. The van der Waals surface area contributed by atoms with E-state index in [9.17, 15) is 20.0 Å². The summed E-state index contributed by atoms with van der Waals surface area (Å²) < 4.78 is 0. The first-order chi connectivity index (χ1) is 14.9. The third kappa shape index (κ3) is 2.65. The van der Waals surface area contributed by atoms with Gasteiger partial charge < -0.3 is 10.0 Å². The number of carboxylic acids is 1. The van der Waals surface area contributed by atoms with Gasteiger partial charge in [-0.05, 0) is 68.7 Å². The van der Waals surface area contributed by atoms with Crippen molar-refractivity contribution >= 4 is 17.3 Å². The molecule has 7 nitrogen and oxygen atoms in total. The highest BCUT2D eigenvalue weighted by Crippen LogP contribution is 2.67. The van der Waals surface area contributed by atoms with Gasteiger partial charge in [-0.25, -0.2) is 0 Å². The van der Waals surface area contributed by atoms with Crippen LogP contribution in [0.1, 0.15) is 64.4 Å². The van der Waals surface area contributed by atoms with Gasteiger partial charge in [0.05, 0.1) is 16.9 Å². The van der Waals surface area contributed by atoms with E-state index in [0.29, 0.717) is 6.42 Å². The number of nitrogens with zero attached hydrogens (tertiary/aromatic N) is 3. The van der Waals surface area contributed by atoms with Crippen molar-refractivity contribution in [1.82, 2.24) is 4.90 Å². The van der Waals surface area contributed by atoms with Gasteiger partial charge in [-0.2, -0.15) is 0 Å². The number of carboxylic acid groups (broad SMARTS) is 1. The standard InChI is InChI=1S/C24H33N3O4/c1-3-5-12-26-19-8-7-16(27(30)31)14-18(19)24-10-13-25-11-6-9-23(4-2,22(24)25)15-17(20(24)26)21(28)29/h7-8,14,17,20,22H,3-6,9-13,15H2,1-2H3,(H,28,29)/t17-,20-,22-,23-,24+/m0/s1. The fourth-order valence-corrected chi connectivity index (χ4v) is 7.97. The average molecular weight is 428 g/mol. The minimum absolute atomic E-state index is 0.0308. The Morgan fingerprint density at radius 3 is 2.77 bits per heavy atom. The maximum atomic E-state index is 12.7. The van der Waals surface area contributed by atoms with Crippen molar-refractivity contribution in [3.63, 3.8) is 0 Å². The van der Waals surface area contributed by atoms with Crippen LogP contribution in [0.15, 0.2) is 18.2 Å². The number of anilines is 1. The van der Waals surface area contributed by atoms with E-state index in [2.05, 4.69) is 23.6 Å². The van der Waals surface area contributed by atoms with Crippen molar-refractivity contribution in [1.29, 1.82) is 0 Å². The highest BCUT2D eigenvalue weighted by Gasteiger charge is 2.71. The summed E-state index contributed by atoms with van der Waals surface area (Å²) in [5.74, 6) is -1.15. The number of hydrogen-bond donors (Lipinski definition) is 1. The van der Waals surface area contributed by atoms with E-state index in [0.717, 1.165) is 69.4 Å². The molecule has 1 aliphatic carbocycles. The molecule has 4 aliphatic rings. The molecule has 1 aromatic rings. The lowest BCUT2D eigenvalue weighted by Gasteiger charge is -2.60. The molecular weight excluding hydrogens is 394 g/mol. The molecule has 2 saturated heterocycles. The molecule has 0 aromatic heterocycles. The van der Waals surface area contributed by atoms with Crippen molar-refractivity contribution in [3.05, 3.63) is 33.9 Å². The fourth-order valence-electron chi connectivity index (χ4n) is 7.97. The van der Waals surface area contributed by atoms with E-state index in [1.165, 1.54) is 0 Å². The SMILES string of the molecule is CCCCN1c2ccc([N+](=O)[O-])cc2[C@]23CCN4CCC[C@@](CC)(C[C@H](C(=O)O)[C@H]12)[C@H]43. The lowest BCUT2D eigenvalue weighted by atomic mass is 9.49. The van der Waals surface area contributed by atoms with Crippen LogP contribution in [0.2, 0.25) is 0 Å². The van der Waals surface area contributed by atoms with Crippen LogP contribution in [0.4, 0.5) is 11.4 Å². The number of non-ortho nitro benzene ring substituents is 1. The maximum Gasteiger partial charge on any atom is 0.308 e. The molecule has 31 heavy (non-hydrogen) atoms. The molecule has 5 rings (SSSR count). The molecule has 0 radical (unpaired) electrons. The van der Waals surface area contributed by atoms with Gasteiger partial charge in [0.25, 0.3) is 5.69 Å². The first-order valence-corrected chi connectivity index (χ1v) is 11.9. The lowest BCUT2D eigenvalue weighted by Crippen LogP contribution is -2.68. The predicted molar refractivity (Wildman–Crippen MR) is 118 cm³/mol. The van der Waals surface area contributed by atoms with Crippen molar-refractivity contribution in [2.45, 2.75) is 76.3 Å². The van der Waals surface area contributed by atoms with E-state index < -0.39 is 11.9 Å². The average Bonchev–Trinajstić information content (AvgIpc) is 3.29. The largest absolute Gasteiger partial charge is 0.481 e. The number of nitro groups is 1. The first kappa shape index (κ1) is 20.7. The smallest absolute Gasteiger partial charge is 0.308 e. The van der Waals surface area contributed by atoms with Crippen LogP contribution in [0.5, 0.6) is 0 Å². The zero-order chi connectivity index (χ0) is 22.0. The Morgan fingerprint density at radius 1 is 1.29 bits per heavy atom. The van der Waals surface area contributed by atoms with E-state index in [-0.39, 0.29) is 33.5 Å². The number of benzene rings is 1. The number of hydrogen-bond acceptors (Lipinski definition) is 5. The topological polar surface area (TPSA) is 86.9 Å². The van der Waals surface area contributed by atoms with Gasteiger partial charge in [-0.15, -0.1) is 0 Å². The predicted octanol–water partition coefficient (Wildman–Crippen LogP) is 4.19. The van der Waals surface area contributed by atoms with Crippen LogP contribution in [0.3, 0.4) is 0 Å². The molecule has 168 valence electrons. The minimum atomic E-state index is -0.705. The van der Waals surface area contributed by atoms with Gasteiger partial charge in [0, 0.05) is 35.8 Å². The highest BCUT2D eigenvalue weighted by molar-refractivity contribution is 5.78. The number of aliphatic carboxylic acids is 1. The zero-order valence-corrected chi connectivity index (χ0v) is 18.5. The molecule has 1 N–H and O–H groups in total. The Hall–Kier alpha value is -2.15. The van der Waals surface area contributed by atoms with Crippen molar-refractivity contribution in [2.24, 2.45) is 11.3 Å². The summed E-state index contributed by atoms with van der Waals surface area (Å²) in [5, 5.41) is 22.1. The zero-order valence-electron chi connectivity index (χ0n) is 18.5. The number of fused-ring (bicyclic) bond motifs is 1. The number of nitro benzene ring substituents is 1. The molecule has 3 fully saturated rings. The molecule has 5 atom stereocenters. The number of carbonyl (C=O) groups is 1. The van der Waals surface area contributed by atoms with Gasteiger partial charge in [0.15, 0.2) is 0 Å². The maximum absolute atomic E-state index is 12.7. The van der Waals surface area contributed by atoms with Crippen LogP contribution < -0.4 is 4.90 Å². The second kappa shape index (κ2) is 7.19. The Morgan fingerprint density at radius 2 is 2.10 bits per heavy atom. The fraction of sp³-hybridized carbons (Fsp3) is 0.708. The summed E-state index contributed by atoms with van der Waals surface area (Å²) >= 11 is 0. The van der Waals surface area contributed by atoms with Crippen LogP contribution in [0.25, 0.3) is 0 Å². The summed E-state index contributed by atoms with van der Waals surface area (Å²) in [7, 11) is 0. The summed E-state index contributed by atoms with van der Waals surface area (Å²) in [6.45, 7) is 7.19. The minimum Gasteiger partial charge on any atom is -0.481 e. The van der Waals surface area contributed by atoms with Gasteiger partial charge in [-0.1, -0.05) is 20.3 Å². The van der Waals surface area contributed by atoms with Gasteiger partial charge >= 0.3 is 5.97 Å². The molecule has 1 spiro atoms. The van der Waals surface area contributed by atoms with Crippen molar-refractivity contribution in [2.75, 3.05) is 24.5 Å². The quantitative estimate of drug-likeness (QED) is 0.541. The summed E-state index contributed by atoms with van der Waals surface area (Å²) in [5.41, 5.74) is 1.83. The van der Waals surface area contributed by atoms with Crippen LogP contribution >= 0.6 is 0 Å². The van der Waals surface area contributed by atoms with Gasteiger partial charge in [0.2, 0.25) is 0 Å². The van der Waals surface area contributed by atoms with Gasteiger partial charge in [0.1, 0.15) is 0 Å². The summed E-state index contributed by atoms with van der Waals surface area (Å²) in [6.07, 6.45) is 6.76. The molecule has 7 heteroatoms. The Bertz CT molecular complexity index is 920. The molecule has 1 saturated carbocycles. The van der Waals surface area contributed by atoms with Crippen LogP contribution in [0, 0.1) is 21.4 Å². The van der Waals surface area contributed by atoms with Crippen molar-refractivity contribution < 1.29 is 14.8 Å². The normalized spacial score (nSPS) is 36.1. The van der Waals surface area contributed by atoms with Crippen molar-refractivity contribution in [3.8, 4) is 0 Å². The lowest BCUT2D eigenvalue weighted by molar-refractivity contribution is -0.384. The molecule has 0 amide bonds. The third-order valence-electron chi connectivity index (χ3n) is 9.01. The summed E-state index contributed by atoms with van der Waals surface area (Å²) in [4.78, 5) is 29.0. The van der Waals surface area contributed by atoms with E-state index in [4.69, 9.17) is 0 Å². The second-order valence-corrected chi connectivity index (χ2v) is 10.1. The van der Waals surface area contributed by atoms with Gasteiger partial charge in [-0.3, -0.25) is 19.8 Å². The molecule has 1 aromatic carbocycles. The molecule has 3 heterocycles. The molecule has 3 aliphatic heterocycles. The van der Waals surface area contributed by atoms with Crippen LogP contribution in [-0.4, -0.2) is 52.6 Å². The molecule has 0 bridgehead atoms. The second-order valence-electron chi connectivity index (χ2n) is 10.1. The van der Waals surface area contributed by atoms with E-state index in [1.807, 2.05) is 6.07 Å². The number of rotatable bonds is 6. The number of unbranched alkanes of at least 4 members (excludes halogenated alkanes) is 1. The number of piperidine rings is 1. The van der Waals surface area contributed by atoms with E-state index in [1.54, 1.807) is 12.1 Å². The Balaban J connectivity index is 1.76. The van der Waals surface area contributed by atoms with E-state index >= 15 is 0 Å². The molecule has 0 unspecified atom stereocenters. The Kier molecular flexibility index (Phi) is 4.81. The first-order valence-electron chi connectivity index (χ1n) is 11.9.